The van der Waals surface area contributed by atoms with Gasteiger partial charge in [0.25, 0.3) is 5.91 Å². The molecule has 0 spiro atoms. The number of ether oxygens (including phenoxy) is 1. The Bertz CT molecular complexity index is 743. The maximum Gasteiger partial charge on any atom is 0.321 e. The van der Waals surface area contributed by atoms with E-state index >= 15 is 0 Å². The maximum absolute atomic E-state index is 13.1. The van der Waals surface area contributed by atoms with Gasteiger partial charge in [-0.2, -0.15) is 0 Å². The van der Waals surface area contributed by atoms with Crippen molar-refractivity contribution in [3.63, 3.8) is 0 Å². The number of amides is 3. The fourth-order valence-electron chi connectivity index (χ4n) is 1.83. The number of carbonyl (C=O) groups excluding carboxylic acids is 3. The lowest BCUT2D eigenvalue weighted by atomic mass is 10.1. The van der Waals surface area contributed by atoms with Gasteiger partial charge in [0, 0.05) is 0 Å². The Labute approximate surface area is 136 Å². The first-order valence-electron chi connectivity index (χ1n) is 6.99. The van der Waals surface area contributed by atoms with E-state index in [0.29, 0.717) is 5.76 Å². The molecule has 0 saturated carbocycles. The number of urea groups is 1. The minimum atomic E-state index is -0.717. The molecular weight excluding hydrogens is 319 g/mol. The molecule has 0 aliphatic rings. The van der Waals surface area contributed by atoms with Crippen LogP contribution >= 0.6 is 0 Å². The van der Waals surface area contributed by atoms with Gasteiger partial charge >= 0.3 is 6.03 Å². The summed E-state index contributed by atoms with van der Waals surface area (Å²) in [6.45, 7) is 0.878. The van der Waals surface area contributed by atoms with E-state index in [4.69, 9.17) is 9.15 Å². The normalized spacial score (nSPS) is 10.1. The Morgan fingerprint density at radius 1 is 1.25 bits per heavy atom. The van der Waals surface area contributed by atoms with Crippen LogP contribution in [0.3, 0.4) is 0 Å². The fraction of sp³-hybridized carbons (Fsp3) is 0.188. The first kappa shape index (κ1) is 17.2. The second kappa shape index (κ2) is 7.91. The molecule has 1 aromatic heterocycles. The van der Waals surface area contributed by atoms with Gasteiger partial charge in [0.05, 0.1) is 18.4 Å². The second-order valence-electron chi connectivity index (χ2n) is 4.80. The van der Waals surface area contributed by atoms with Crippen LogP contribution in [-0.4, -0.2) is 24.3 Å². The van der Waals surface area contributed by atoms with Crippen LogP contribution in [0.25, 0.3) is 0 Å². The van der Waals surface area contributed by atoms with Crippen LogP contribution in [0.1, 0.15) is 23.0 Å². The minimum absolute atomic E-state index is 0.0186. The molecule has 0 bridgehead atoms. The van der Waals surface area contributed by atoms with Gasteiger partial charge in [-0.25, -0.2) is 9.18 Å². The molecule has 0 aliphatic heterocycles. The van der Waals surface area contributed by atoms with E-state index < -0.39 is 30.1 Å². The van der Waals surface area contributed by atoms with E-state index in [1.54, 1.807) is 12.1 Å². The third kappa shape index (κ3) is 4.94. The van der Waals surface area contributed by atoms with Crippen LogP contribution in [0, 0.1) is 5.82 Å². The number of Topliss-reactive ketones (excluding diaryl/α,β-unsaturated/α-hetero) is 1. The predicted octanol–water partition coefficient (Wildman–Crippen LogP) is 2.03. The minimum Gasteiger partial charge on any atom is -0.483 e. The maximum atomic E-state index is 13.1. The van der Waals surface area contributed by atoms with Gasteiger partial charge in [-0.1, -0.05) is 0 Å². The predicted molar refractivity (Wildman–Crippen MR) is 81.0 cm³/mol. The average Bonchev–Trinajstić information content (AvgIpc) is 3.05. The molecule has 0 saturated heterocycles. The van der Waals surface area contributed by atoms with Crippen LogP contribution in [0.5, 0.6) is 5.75 Å². The molecule has 0 radical (unpaired) electrons. The molecule has 1 aromatic carbocycles. The Balaban J connectivity index is 1.82. The number of furan rings is 1. The van der Waals surface area contributed by atoms with Crippen molar-refractivity contribution in [3.8, 4) is 5.75 Å². The summed E-state index contributed by atoms with van der Waals surface area (Å²) in [5.74, 6) is -1.11. The molecule has 0 unspecified atom stereocenters. The van der Waals surface area contributed by atoms with Crippen molar-refractivity contribution in [1.29, 1.82) is 0 Å². The molecule has 2 N–H and O–H groups in total. The standard InChI is InChI=1S/C16H15FN2O5/c1-10(20)13-7-11(17)4-5-14(13)24-9-15(21)19-16(22)18-8-12-3-2-6-23-12/h2-7H,8-9H2,1H3,(H2,18,19,21,22). The van der Waals surface area contributed by atoms with E-state index in [1.807, 2.05) is 0 Å². The van der Waals surface area contributed by atoms with E-state index in [2.05, 4.69) is 10.6 Å². The molecule has 126 valence electrons. The number of hydrogen-bond donors (Lipinski definition) is 2. The van der Waals surface area contributed by atoms with Crippen molar-refractivity contribution < 1.29 is 27.9 Å². The summed E-state index contributed by atoms with van der Waals surface area (Å²) < 4.78 is 23.3. The zero-order valence-electron chi connectivity index (χ0n) is 12.8. The smallest absolute Gasteiger partial charge is 0.321 e. The Kier molecular flexibility index (Phi) is 5.67. The summed E-state index contributed by atoms with van der Waals surface area (Å²) in [6, 6.07) is 6.00. The Morgan fingerprint density at radius 3 is 2.71 bits per heavy atom. The highest BCUT2D eigenvalue weighted by atomic mass is 19.1. The third-order valence-electron chi connectivity index (χ3n) is 2.94. The monoisotopic (exact) mass is 334 g/mol. The number of rotatable bonds is 6. The van der Waals surface area contributed by atoms with Crippen molar-refractivity contribution in [1.82, 2.24) is 10.6 Å². The average molecular weight is 334 g/mol. The number of imide groups is 1. The van der Waals surface area contributed by atoms with E-state index in [0.717, 1.165) is 12.1 Å². The summed E-state index contributed by atoms with van der Waals surface area (Å²) in [6.07, 6.45) is 1.46. The molecule has 2 aromatic rings. The highest BCUT2D eigenvalue weighted by molar-refractivity contribution is 5.97. The van der Waals surface area contributed by atoms with E-state index in [9.17, 15) is 18.8 Å². The Morgan fingerprint density at radius 2 is 2.04 bits per heavy atom. The summed E-state index contributed by atoms with van der Waals surface area (Å²) >= 11 is 0. The van der Waals surface area contributed by atoms with Gasteiger partial charge < -0.3 is 14.5 Å². The summed E-state index contributed by atoms with van der Waals surface area (Å²) in [4.78, 5) is 34.6. The van der Waals surface area contributed by atoms with Gasteiger partial charge in [0.1, 0.15) is 17.3 Å². The van der Waals surface area contributed by atoms with Crippen LogP contribution in [-0.2, 0) is 11.3 Å². The number of benzene rings is 1. The second-order valence-corrected chi connectivity index (χ2v) is 4.80. The fourth-order valence-corrected chi connectivity index (χ4v) is 1.83. The lowest BCUT2D eigenvalue weighted by molar-refractivity contribution is -0.122. The number of carbonyl (C=O) groups is 3. The summed E-state index contributed by atoms with van der Waals surface area (Å²) in [7, 11) is 0. The van der Waals surface area contributed by atoms with E-state index in [-0.39, 0.29) is 17.9 Å². The van der Waals surface area contributed by atoms with Gasteiger partial charge in [0.2, 0.25) is 0 Å². The molecule has 24 heavy (non-hydrogen) atoms. The first-order valence-corrected chi connectivity index (χ1v) is 6.99. The van der Waals surface area contributed by atoms with Crippen LogP contribution in [0.2, 0.25) is 0 Å². The van der Waals surface area contributed by atoms with Crippen molar-refractivity contribution in [3.05, 3.63) is 53.7 Å². The SMILES string of the molecule is CC(=O)c1cc(F)ccc1OCC(=O)NC(=O)NCc1ccco1. The number of nitrogens with one attached hydrogen (secondary N) is 2. The lowest BCUT2D eigenvalue weighted by Gasteiger charge is -2.10. The van der Waals surface area contributed by atoms with Crippen LogP contribution < -0.4 is 15.4 Å². The van der Waals surface area contributed by atoms with Gasteiger partial charge in [-0.3, -0.25) is 14.9 Å². The number of ketones is 1. The van der Waals surface area contributed by atoms with Gasteiger partial charge in [0.15, 0.2) is 12.4 Å². The third-order valence-corrected chi connectivity index (χ3v) is 2.94. The van der Waals surface area contributed by atoms with Crippen LogP contribution in [0.4, 0.5) is 9.18 Å². The van der Waals surface area contributed by atoms with Crippen molar-refractivity contribution in [2.75, 3.05) is 6.61 Å². The largest absolute Gasteiger partial charge is 0.483 e. The molecule has 0 aliphatic carbocycles. The lowest BCUT2D eigenvalue weighted by Crippen LogP contribution is -2.41. The number of halogens is 1. The Hall–Kier alpha value is -3.16. The summed E-state index contributed by atoms with van der Waals surface area (Å²) in [5, 5.41) is 4.49. The molecule has 1 heterocycles. The molecule has 3 amide bonds. The highest BCUT2D eigenvalue weighted by Crippen LogP contribution is 2.20. The van der Waals surface area contributed by atoms with Crippen molar-refractivity contribution in [2.24, 2.45) is 0 Å². The summed E-state index contributed by atoms with van der Waals surface area (Å²) in [5.41, 5.74) is 0.0186. The highest BCUT2D eigenvalue weighted by Gasteiger charge is 2.13. The van der Waals surface area contributed by atoms with Gasteiger partial charge in [-0.15, -0.1) is 0 Å². The first-order chi connectivity index (χ1) is 11.5. The molecule has 8 heteroatoms. The van der Waals surface area contributed by atoms with E-state index in [1.165, 1.54) is 19.3 Å². The zero-order valence-corrected chi connectivity index (χ0v) is 12.8. The van der Waals surface area contributed by atoms with Crippen molar-refractivity contribution >= 4 is 17.7 Å². The topological polar surface area (TPSA) is 97.6 Å². The molecule has 0 fully saturated rings. The van der Waals surface area contributed by atoms with Gasteiger partial charge in [-0.05, 0) is 37.3 Å². The molecule has 2 rings (SSSR count). The zero-order chi connectivity index (χ0) is 17.5. The quantitative estimate of drug-likeness (QED) is 0.788. The molecule has 0 atom stereocenters. The van der Waals surface area contributed by atoms with Crippen molar-refractivity contribution in [2.45, 2.75) is 13.5 Å². The molecular formula is C16H15FN2O5. The van der Waals surface area contributed by atoms with Crippen LogP contribution in [0.15, 0.2) is 41.0 Å². The molecule has 7 nitrogen and oxygen atoms in total. The number of hydrogen-bond acceptors (Lipinski definition) is 5.